The normalized spacial score (nSPS) is 31.0. The van der Waals surface area contributed by atoms with Gasteiger partial charge in [0, 0.05) is 12.5 Å². The molecule has 3 rings (SSSR count). The minimum Gasteiger partial charge on any atom is -0.448 e. The average Bonchev–Trinajstić information content (AvgIpc) is 3.17. The highest BCUT2D eigenvalue weighted by atomic mass is 32.1. The van der Waals surface area contributed by atoms with Gasteiger partial charge in [0.25, 0.3) is 0 Å². The number of amides is 2. The van der Waals surface area contributed by atoms with Crippen LogP contribution in [0, 0.1) is 0 Å². The van der Waals surface area contributed by atoms with Crippen LogP contribution in [-0.4, -0.2) is 83.8 Å². The second kappa shape index (κ2) is 8.26. The molecule has 2 aliphatic heterocycles. The van der Waals surface area contributed by atoms with Gasteiger partial charge in [-0.3, -0.25) is 4.90 Å². The summed E-state index contributed by atoms with van der Waals surface area (Å²) in [7, 11) is 0. The second-order valence-corrected chi connectivity index (χ2v) is 7.60. The molecule has 2 heterocycles. The third-order valence-corrected chi connectivity index (χ3v) is 5.42. The highest BCUT2D eigenvalue weighted by Crippen LogP contribution is 2.32. The number of alkyl halides is 4. The van der Waals surface area contributed by atoms with Crippen LogP contribution in [0.1, 0.15) is 25.7 Å². The number of hydrogen-bond acceptors (Lipinski definition) is 5. The molecule has 0 radical (unpaired) electrons. The quantitative estimate of drug-likeness (QED) is 0.537. The molecule has 4 atom stereocenters. The number of cyclic esters (lactones) is 2. The Balaban J connectivity index is 1.48. The molecule has 1 saturated carbocycles. The minimum absolute atomic E-state index is 0.0365. The highest BCUT2D eigenvalue weighted by molar-refractivity contribution is 7.80. The molecule has 2 amide bonds. The van der Waals surface area contributed by atoms with Gasteiger partial charge in [-0.25, -0.2) is 14.0 Å². The Morgan fingerprint density at radius 1 is 1.21 bits per heavy atom. The molecular formula is C16H21F4N3O4S. The molecule has 28 heavy (non-hydrogen) atoms. The fourth-order valence-electron chi connectivity index (χ4n) is 3.84. The van der Waals surface area contributed by atoms with E-state index in [1.807, 2.05) is 0 Å². The lowest BCUT2D eigenvalue weighted by Crippen LogP contribution is -2.51. The fraction of sp³-hybridized carbons (Fsp3) is 0.812. The van der Waals surface area contributed by atoms with Crippen molar-refractivity contribution < 1.29 is 36.6 Å². The highest BCUT2D eigenvalue weighted by Gasteiger charge is 2.44. The van der Waals surface area contributed by atoms with E-state index in [0.717, 1.165) is 0 Å². The maximum absolute atomic E-state index is 14.6. The van der Waals surface area contributed by atoms with E-state index in [9.17, 15) is 27.2 Å². The molecular weight excluding hydrogens is 406 g/mol. The first-order chi connectivity index (χ1) is 13.1. The third-order valence-electron chi connectivity index (χ3n) is 5.13. The van der Waals surface area contributed by atoms with Gasteiger partial charge in [0.15, 0.2) is 0 Å². The number of hydrogen-bond donors (Lipinski definition) is 1. The zero-order chi connectivity index (χ0) is 20.5. The van der Waals surface area contributed by atoms with Crippen molar-refractivity contribution in [3.8, 4) is 0 Å². The third kappa shape index (κ3) is 4.95. The van der Waals surface area contributed by atoms with E-state index in [0.29, 0.717) is 19.4 Å². The van der Waals surface area contributed by atoms with E-state index >= 15 is 0 Å². The van der Waals surface area contributed by atoms with Crippen molar-refractivity contribution in [1.29, 1.82) is 0 Å². The van der Waals surface area contributed by atoms with Crippen molar-refractivity contribution in [2.75, 3.05) is 26.2 Å². The molecule has 3 unspecified atom stereocenters. The molecule has 3 aliphatic rings. The van der Waals surface area contributed by atoms with E-state index < -0.39 is 43.1 Å². The first-order valence-electron chi connectivity index (χ1n) is 9.02. The van der Waals surface area contributed by atoms with Crippen LogP contribution >= 0.6 is 12.2 Å². The van der Waals surface area contributed by atoms with Crippen LogP contribution in [0.2, 0.25) is 0 Å². The van der Waals surface area contributed by atoms with E-state index in [-0.39, 0.29) is 37.1 Å². The predicted molar refractivity (Wildman–Crippen MR) is 92.6 cm³/mol. The smallest absolute Gasteiger partial charge is 0.410 e. The van der Waals surface area contributed by atoms with E-state index in [1.165, 1.54) is 9.80 Å². The number of nitrogens with zero attached hydrogens (tertiary/aromatic N) is 2. The lowest BCUT2D eigenvalue weighted by Gasteiger charge is -2.38. The van der Waals surface area contributed by atoms with Gasteiger partial charge in [-0.2, -0.15) is 13.2 Å². The molecule has 7 nitrogen and oxygen atoms in total. The Bertz CT molecular complexity index is 636. The van der Waals surface area contributed by atoms with Crippen LogP contribution in [0.3, 0.4) is 0 Å². The van der Waals surface area contributed by atoms with Gasteiger partial charge in [-0.05, 0) is 12.8 Å². The Kier molecular flexibility index (Phi) is 6.15. The predicted octanol–water partition coefficient (Wildman–Crippen LogP) is 2.39. The summed E-state index contributed by atoms with van der Waals surface area (Å²) in [5.74, 6) is 0. The van der Waals surface area contributed by atoms with Crippen LogP contribution in [0.25, 0.3) is 0 Å². The average molecular weight is 427 g/mol. The molecule has 0 aromatic rings. The summed E-state index contributed by atoms with van der Waals surface area (Å²) in [4.78, 5) is 26.2. The summed E-state index contributed by atoms with van der Waals surface area (Å²) in [6, 6.07) is -0.952. The minimum atomic E-state index is -4.40. The maximum Gasteiger partial charge on any atom is 0.410 e. The van der Waals surface area contributed by atoms with E-state index in [4.69, 9.17) is 9.47 Å². The van der Waals surface area contributed by atoms with Crippen LogP contribution in [0.15, 0.2) is 0 Å². The summed E-state index contributed by atoms with van der Waals surface area (Å²) in [5, 5.41) is 2.46. The number of thiocarbonyl (C=S) groups is 1. The first-order valence-corrected chi connectivity index (χ1v) is 9.43. The summed E-state index contributed by atoms with van der Waals surface area (Å²) in [6.07, 6.45) is -7.79. The van der Waals surface area contributed by atoms with Crippen molar-refractivity contribution in [3.05, 3.63) is 0 Å². The van der Waals surface area contributed by atoms with Crippen LogP contribution in [0.4, 0.5) is 27.2 Å². The molecule has 1 N–H and O–H groups in total. The second-order valence-electron chi connectivity index (χ2n) is 7.11. The van der Waals surface area contributed by atoms with Gasteiger partial charge >= 0.3 is 18.4 Å². The van der Waals surface area contributed by atoms with Crippen molar-refractivity contribution in [2.24, 2.45) is 0 Å². The lowest BCUT2D eigenvalue weighted by atomic mass is 9.88. The van der Waals surface area contributed by atoms with Crippen molar-refractivity contribution in [1.82, 2.24) is 15.1 Å². The molecule has 0 aromatic heterocycles. The van der Waals surface area contributed by atoms with Crippen LogP contribution in [-0.2, 0) is 9.47 Å². The molecule has 158 valence electrons. The van der Waals surface area contributed by atoms with Gasteiger partial charge in [0.05, 0.1) is 37.1 Å². The number of carbonyl (C=O) groups excluding carboxylic acids is 2. The number of rotatable bonds is 5. The van der Waals surface area contributed by atoms with Crippen LogP contribution < -0.4 is 5.32 Å². The SMILES string of the molecule is O=C1O[C@@H](CNC(=S)CC(F)(F)F)CN1C1CCC(N2CCOC2=O)C(F)C1. The zero-order valence-electron chi connectivity index (χ0n) is 14.9. The Hall–Kier alpha value is -1.85. The van der Waals surface area contributed by atoms with E-state index in [2.05, 4.69) is 17.5 Å². The standard InChI is InChI=1S/C16H21F4N3O4S/c17-11-5-9(1-2-12(11)22-3-4-26-14(22)24)23-8-10(27-15(23)25)7-21-13(28)6-16(18,19)20/h9-12H,1-8H2,(H,21,28)/t9?,10-,11?,12?/m0/s1. The van der Waals surface area contributed by atoms with Crippen LogP contribution in [0.5, 0.6) is 0 Å². The number of nitrogens with one attached hydrogen (secondary N) is 1. The molecule has 0 spiro atoms. The number of carbonyl (C=O) groups is 2. The molecule has 1 aliphatic carbocycles. The summed E-state index contributed by atoms with van der Waals surface area (Å²) >= 11 is 4.63. The first kappa shape index (κ1) is 20.9. The lowest BCUT2D eigenvalue weighted by molar-refractivity contribution is -0.121. The van der Waals surface area contributed by atoms with Gasteiger partial charge in [-0.15, -0.1) is 0 Å². The topological polar surface area (TPSA) is 71.1 Å². The van der Waals surface area contributed by atoms with Gasteiger partial charge in [0.2, 0.25) is 0 Å². The Labute approximate surface area is 164 Å². The van der Waals surface area contributed by atoms with E-state index in [1.54, 1.807) is 0 Å². The molecule has 12 heteroatoms. The Morgan fingerprint density at radius 2 is 1.96 bits per heavy atom. The fourth-order valence-corrected chi connectivity index (χ4v) is 4.08. The summed E-state index contributed by atoms with van der Waals surface area (Å²) in [6.45, 7) is 0.709. The largest absolute Gasteiger partial charge is 0.448 e. The molecule has 0 bridgehead atoms. The Morgan fingerprint density at radius 3 is 2.57 bits per heavy atom. The summed E-state index contributed by atoms with van der Waals surface area (Å²) in [5.41, 5.74) is 0. The zero-order valence-corrected chi connectivity index (χ0v) is 15.7. The maximum atomic E-state index is 14.6. The monoisotopic (exact) mass is 427 g/mol. The van der Waals surface area contributed by atoms with Crippen molar-refractivity contribution in [3.63, 3.8) is 0 Å². The molecule has 3 fully saturated rings. The number of halogens is 4. The van der Waals surface area contributed by atoms with Crippen molar-refractivity contribution >= 4 is 29.4 Å². The van der Waals surface area contributed by atoms with Gasteiger partial charge in [-0.1, -0.05) is 12.2 Å². The molecule has 2 saturated heterocycles. The number of ether oxygens (including phenoxy) is 2. The van der Waals surface area contributed by atoms with Crippen molar-refractivity contribution in [2.45, 2.75) is 56.2 Å². The van der Waals surface area contributed by atoms with Gasteiger partial charge < -0.3 is 19.7 Å². The summed E-state index contributed by atoms with van der Waals surface area (Å²) < 4.78 is 61.5. The molecule has 0 aromatic carbocycles. The van der Waals surface area contributed by atoms with Gasteiger partial charge in [0.1, 0.15) is 18.9 Å².